The van der Waals surface area contributed by atoms with Crippen LogP contribution in [0.4, 0.5) is 0 Å². The molecule has 3 nitrogen and oxygen atoms in total. The fourth-order valence-electron chi connectivity index (χ4n) is 1.55. The van der Waals surface area contributed by atoms with Gasteiger partial charge in [0.05, 0.1) is 6.20 Å². The van der Waals surface area contributed by atoms with E-state index in [1.54, 1.807) is 0 Å². The zero-order valence-electron chi connectivity index (χ0n) is 10.8. The average Bonchev–Trinajstić information content (AvgIpc) is 2.70. The molecule has 1 heterocycles. The summed E-state index contributed by atoms with van der Waals surface area (Å²) in [4.78, 5) is 4.30. The Hall–Kier alpha value is -0.830. The van der Waals surface area contributed by atoms with Crippen LogP contribution in [0.2, 0.25) is 0 Å². The van der Waals surface area contributed by atoms with Crippen LogP contribution in [0.1, 0.15) is 45.3 Å². The number of hydrogen-bond acceptors (Lipinski definition) is 3. The van der Waals surface area contributed by atoms with E-state index in [0.717, 1.165) is 49.9 Å². The summed E-state index contributed by atoms with van der Waals surface area (Å²) in [5.74, 6) is 2.64. The molecular formula is C13H24N2O. The van der Waals surface area contributed by atoms with Gasteiger partial charge in [0.25, 0.3) is 0 Å². The van der Waals surface area contributed by atoms with Crippen molar-refractivity contribution in [2.75, 3.05) is 13.1 Å². The van der Waals surface area contributed by atoms with Gasteiger partial charge in [-0.15, -0.1) is 0 Å². The number of nitrogens with one attached hydrogen (secondary N) is 1. The first kappa shape index (κ1) is 13.2. The number of nitrogens with zero attached hydrogens (tertiary/aromatic N) is 1. The number of oxazole rings is 1. The molecule has 0 radical (unpaired) electrons. The molecule has 1 rings (SSSR count). The van der Waals surface area contributed by atoms with Crippen molar-refractivity contribution in [1.82, 2.24) is 10.3 Å². The van der Waals surface area contributed by atoms with Gasteiger partial charge in [-0.25, -0.2) is 4.98 Å². The van der Waals surface area contributed by atoms with Crippen LogP contribution in [-0.4, -0.2) is 18.1 Å². The Balaban J connectivity index is 2.22. The monoisotopic (exact) mass is 224 g/mol. The molecule has 0 atom stereocenters. The first-order chi connectivity index (χ1) is 7.72. The van der Waals surface area contributed by atoms with Crippen molar-refractivity contribution in [3.63, 3.8) is 0 Å². The Morgan fingerprint density at radius 2 is 2.19 bits per heavy atom. The van der Waals surface area contributed by atoms with E-state index in [9.17, 15) is 0 Å². The Morgan fingerprint density at radius 3 is 2.88 bits per heavy atom. The summed E-state index contributed by atoms with van der Waals surface area (Å²) in [6.45, 7) is 8.65. The second kappa shape index (κ2) is 7.44. The van der Waals surface area contributed by atoms with E-state index in [1.165, 1.54) is 6.42 Å². The minimum Gasteiger partial charge on any atom is -0.446 e. The summed E-state index contributed by atoms with van der Waals surface area (Å²) in [6.07, 6.45) is 6.10. The standard InChI is InChI=1S/C13H24N2O/c1-4-14-9-5-6-13-15-10-12(16-13)8-7-11(2)3/h10-11,14H,4-9H2,1-3H3. The SMILES string of the molecule is CCNCCCc1ncc(CCC(C)C)o1. The highest BCUT2D eigenvalue weighted by Crippen LogP contribution is 2.11. The van der Waals surface area contributed by atoms with E-state index in [2.05, 4.69) is 31.1 Å². The normalized spacial score (nSPS) is 11.2. The third kappa shape index (κ3) is 5.31. The first-order valence-electron chi connectivity index (χ1n) is 6.36. The molecule has 92 valence electrons. The van der Waals surface area contributed by atoms with Crippen LogP contribution < -0.4 is 5.32 Å². The van der Waals surface area contributed by atoms with Crippen LogP contribution in [-0.2, 0) is 12.8 Å². The van der Waals surface area contributed by atoms with E-state index in [1.807, 2.05) is 6.20 Å². The Labute approximate surface area is 98.6 Å². The van der Waals surface area contributed by atoms with Gasteiger partial charge in [-0.3, -0.25) is 0 Å². The largest absolute Gasteiger partial charge is 0.446 e. The molecule has 0 amide bonds. The van der Waals surface area contributed by atoms with Crippen LogP contribution >= 0.6 is 0 Å². The second-order valence-electron chi connectivity index (χ2n) is 4.61. The van der Waals surface area contributed by atoms with Crippen molar-refractivity contribution in [3.05, 3.63) is 17.8 Å². The lowest BCUT2D eigenvalue weighted by Crippen LogP contribution is -2.14. The smallest absolute Gasteiger partial charge is 0.194 e. The van der Waals surface area contributed by atoms with Crippen LogP contribution in [0, 0.1) is 5.92 Å². The summed E-state index contributed by atoms with van der Waals surface area (Å²) in [7, 11) is 0. The summed E-state index contributed by atoms with van der Waals surface area (Å²) in [5.41, 5.74) is 0. The molecule has 0 aliphatic heterocycles. The Morgan fingerprint density at radius 1 is 1.38 bits per heavy atom. The molecule has 1 N–H and O–H groups in total. The molecule has 1 aromatic rings. The van der Waals surface area contributed by atoms with Crippen molar-refractivity contribution in [2.45, 2.75) is 46.5 Å². The van der Waals surface area contributed by atoms with E-state index >= 15 is 0 Å². The van der Waals surface area contributed by atoms with Gasteiger partial charge in [0.15, 0.2) is 5.89 Å². The highest BCUT2D eigenvalue weighted by atomic mass is 16.4. The van der Waals surface area contributed by atoms with Crippen LogP contribution in [0.25, 0.3) is 0 Å². The first-order valence-corrected chi connectivity index (χ1v) is 6.36. The highest BCUT2D eigenvalue weighted by Gasteiger charge is 2.04. The third-order valence-electron chi connectivity index (χ3n) is 2.56. The molecule has 16 heavy (non-hydrogen) atoms. The van der Waals surface area contributed by atoms with Gasteiger partial charge < -0.3 is 9.73 Å². The van der Waals surface area contributed by atoms with Gasteiger partial charge in [-0.05, 0) is 31.8 Å². The summed E-state index contributed by atoms with van der Waals surface area (Å²) < 4.78 is 5.68. The fourth-order valence-corrected chi connectivity index (χ4v) is 1.55. The van der Waals surface area contributed by atoms with Crippen molar-refractivity contribution in [3.8, 4) is 0 Å². The zero-order valence-corrected chi connectivity index (χ0v) is 10.8. The maximum Gasteiger partial charge on any atom is 0.194 e. The van der Waals surface area contributed by atoms with Gasteiger partial charge in [-0.1, -0.05) is 20.8 Å². The van der Waals surface area contributed by atoms with E-state index < -0.39 is 0 Å². The molecule has 0 bridgehead atoms. The molecule has 0 aliphatic rings. The zero-order chi connectivity index (χ0) is 11.8. The van der Waals surface area contributed by atoms with Gasteiger partial charge in [0.2, 0.25) is 0 Å². The summed E-state index contributed by atoms with van der Waals surface area (Å²) in [5, 5.41) is 3.30. The molecule has 0 unspecified atom stereocenters. The van der Waals surface area contributed by atoms with Crippen molar-refractivity contribution >= 4 is 0 Å². The molecular weight excluding hydrogens is 200 g/mol. The minimum atomic E-state index is 0.724. The van der Waals surface area contributed by atoms with Gasteiger partial charge in [0, 0.05) is 12.8 Å². The average molecular weight is 224 g/mol. The highest BCUT2D eigenvalue weighted by molar-refractivity contribution is 4.94. The van der Waals surface area contributed by atoms with E-state index in [0.29, 0.717) is 0 Å². The number of aryl methyl sites for hydroxylation is 2. The molecule has 0 spiro atoms. The molecule has 3 heteroatoms. The second-order valence-corrected chi connectivity index (χ2v) is 4.61. The van der Waals surface area contributed by atoms with Crippen molar-refractivity contribution < 1.29 is 4.42 Å². The quantitative estimate of drug-likeness (QED) is 0.690. The van der Waals surface area contributed by atoms with Crippen molar-refractivity contribution in [2.24, 2.45) is 5.92 Å². The number of rotatable bonds is 8. The summed E-state index contributed by atoms with van der Waals surface area (Å²) in [6, 6.07) is 0. The molecule has 0 fully saturated rings. The molecule has 0 aromatic carbocycles. The Kier molecular flexibility index (Phi) is 6.16. The number of hydrogen-bond donors (Lipinski definition) is 1. The van der Waals surface area contributed by atoms with Crippen molar-refractivity contribution in [1.29, 1.82) is 0 Å². The Bertz CT molecular complexity index is 281. The van der Waals surface area contributed by atoms with Gasteiger partial charge in [0.1, 0.15) is 5.76 Å². The van der Waals surface area contributed by atoms with Gasteiger partial charge in [-0.2, -0.15) is 0 Å². The van der Waals surface area contributed by atoms with E-state index in [4.69, 9.17) is 4.42 Å². The predicted molar refractivity (Wildman–Crippen MR) is 66.5 cm³/mol. The lowest BCUT2D eigenvalue weighted by molar-refractivity contribution is 0.430. The van der Waals surface area contributed by atoms with E-state index in [-0.39, 0.29) is 0 Å². The van der Waals surface area contributed by atoms with Gasteiger partial charge >= 0.3 is 0 Å². The maximum absolute atomic E-state index is 5.68. The van der Waals surface area contributed by atoms with Crippen LogP contribution in [0.5, 0.6) is 0 Å². The lowest BCUT2D eigenvalue weighted by Gasteiger charge is -2.00. The molecule has 1 aromatic heterocycles. The fraction of sp³-hybridized carbons (Fsp3) is 0.769. The minimum absolute atomic E-state index is 0.724. The number of aromatic nitrogens is 1. The lowest BCUT2D eigenvalue weighted by atomic mass is 10.1. The predicted octanol–water partition coefficient (Wildman–Crippen LogP) is 2.81. The van der Waals surface area contributed by atoms with Crippen LogP contribution in [0.3, 0.4) is 0 Å². The molecule has 0 saturated carbocycles. The third-order valence-corrected chi connectivity index (χ3v) is 2.56. The molecule has 0 saturated heterocycles. The molecule has 0 aliphatic carbocycles. The summed E-state index contributed by atoms with van der Waals surface area (Å²) >= 11 is 0. The topological polar surface area (TPSA) is 38.1 Å². The van der Waals surface area contributed by atoms with Crippen LogP contribution in [0.15, 0.2) is 10.6 Å². The maximum atomic E-state index is 5.68.